The molecule has 0 aromatic heterocycles. The number of hydrogen-bond acceptors (Lipinski definition) is 2. The Labute approximate surface area is 87.3 Å². The minimum Gasteiger partial charge on any atom is -0.388 e. The van der Waals surface area contributed by atoms with Crippen molar-refractivity contribution >= 4 is 0 Å². The molecule has 2 atom stereocenters. The highest BCUT2D eigenvalue weighted by atomic mass is 16.5. The highest BCUT2D eigenvalue weighted by Gasteiger charge is 2.08. The van der Waals surface area contributed by atoms with Crippen LogP contribution in [-0.2, 0) is 4.74 Å². The third kappa shape index (κ3) is 5.95. The minimum atomic E-state index is -0.433. The van der Waals surface area contributed by atoms with Gasteiger partial charge in [-0.15, -0.1) is 0 Å². The normalized spacial score (nSPS) is 14.8. The number of ether oxygens (including phenoxy) is 1. The second-order valence-electron chi connectivity index (χ2n) is 3.76. The molecule has 0 saturated carbocycles. The van der Waals surface area contributed by atoms with Crippen molar-refractivity contribution in [2.75, 3.05) is 13.7 Å². The van der Waals surface area contributed by atoms with E-state index in [4.69, 9.17) is 4.74 Å². The summed E-state index contributed by atoms with van der Waals surface area (Å²) in [5, 5.41) is 9.59. The summed E-state index contributed by atoms with van der Waals surface area (Å²) in [6.45, 7) is 10.3. The molecule has 1 N–H and O–H groups in total. The van der Waals surface area contributed by atoms with E-state index >= 15 is 0 Å². The maximum absolute atomic E-state index is 9.59. The van der Waals surface area contributed by atoms with Gasteiger partial charge in [0, 0.05) is 13.7 Å². The summed E-state index contributed by atoms with van der Waals surface area (Å²) in [7, 11) is 1.71. The third-order valence-electron chi connectivity index (χ3n) is 2.44. The van der Waals surface area contributed by atoms with Crippen molar-refractivity contribution in [1.82, 2.24) is 0 Å². The van der Waals surface area contributed by atoms with Gasteiger partial charge in [0.15, 0.2) is 0 Å². The second-order valence-corrected chi connectivity index (χ2v) is 3.76. The molecule has 0 amide bonds. The molecule has 0 aromatic carbocycles. The smallest absolute Gasteiger partial charge is 0.0784 e. The van der Waals surface area contributed by atoms with Gasteiger partial charge in [0.25, 0.3) is 0 Å². The average Bonchev–Trinajstić information content (AvgIpc) is 2.21. The molecule has 0 fully saturated rings. The monoisotopic (exact) mass is 198 g/mol. The first-order valence-electron chi connectivity index (χ1n) is 5.10. The third-order valence-corrected chi connectivity index (χ3v) is 2.44. The van der Waals surface area contributed by atoms with Crippen LogP contribution in [0.25, 0.3) is 0 Å². The molecule has 2 unspecified atom stereocenters. The first kappa shape index (κ1) is 13.4. The van der Waals surface area contributed by atoms with Gasteiger partial charge in [-0.2, -0.15) is 0 Å². The standard InChI is InChI=1S/C12H22O2/c1-5-11(3)12(13)7-6-10(2)8-9-14-4/h5,10,12-13H,1,3,6-9H2,2,4H3. The molecule has 0 spiro atoms. The second kappa shape index (κ2) is 7.77. The van der Waals surface area contributed by atoms with Crippen LogP contribution in [0, 0.1) is 5.92 Å². The SMILES string of the molecule is C=CC(=C)C(O)CCC(C)CCOC. The summed E-state index contributed by atoms with van der Waals surface area (Å²) in [5.41, 5.74) is 0.712. The summed E-state index contributed by atoms with van der Waals surface area (Å²) in [5.74, 6) is 0.585. The van der Waals surface area contributed by atoms with E-state index < -0.39 is 6.10 Å². The molecule has 82 valence electrons. The van der Waals surface area contributed by atoms with Crippen molar-refractivity contribution in [3.63, 3.8) is 0 Å². The van der Waals surface area contributed by atoms with E-state index in [9.17, 15) is 5.11 Å². The van der Waals surface area contributed by atoms with Gasteiger partial charge in [-0.3, -0.25) is 0 Å². The maximum atomic E-state index is 9.59. The quantitative estimate of drug-likeness (QED) is 0.607. The van der Waals surface area contributed by atoms with Crippen molar-refractivity contribution in [3.8, 4) is 0 Å². The van der Waals surface area contributed by atoms with Crippen LogP contribution in [0.15, 0.2) is 24.8 Å². The Kier molecular flexibility index (Phi) is 7.44. The molecular formula is C12H22O2. The van der Waals surface area contributed by atoms with Gasteiger partial charge in [0.1, 0.15) is 0 Å². The van der Waals surface area contributed by atoms with Crippen LogP contribution in [0.5, 0.6) is 0 Å². The fourth-order valence-corrected chi connectivity index (χ4v) is 1.23. The Hall–Kier alpha value is -0.600. The zero-order valence-electron chi connectivity index (χ0n) is 9.33. The summed E-state index contributed by atoms with van der Waals surface area (Å²) >= 11 is 0. The molecule has 2 heteroatoms. The predicted molar refractivity (Wildman–Crippen MR) is 60.2 cm³/mol. The van der Waals surface area contributed by atoms with Gasteiger partial charge < -0.3 is 9.84 Å². The van der Waals surface area contributed by atoms with Crippen LogP contribution in [0.1, 0.15) is 26.2 Å². The fourth-order valence-electron chi connectivity index (χ4n) is 1.23. The lowest BCUT2D eigenvalue weighted by molar-refractivity contribution is 0.164. The molecule has 0 aromatic rings. The number of methoxy groups -OCH3 is 1. The lowest BCUT2D eigenvalue weighted by Crippen LogP contribution is -2.10. The number of aliphatic hydroxyl groups excluding tert-OH is 1. The van der Waals surface area contributed by atoms with Crippen molar-refractivity contribution < 1.29 is 9.84 Å². The highest BCUT2D eigenvalue weighted by Crippen LogP contribution is 2.15. The average molecular weight is 198 g/mol. The molecule has 2 nitrogen and oxygen atoms in total. The van der Waals surface area contributed by atoms with Gasteiger partial charge in [-0.25, -0.2) is 0 Å². The van der Waals surface area contributed by atoms with Crippen LogP contribution in [0.3, 0.4) is 0 Å². The Morgan fingerprint density at radius 3 is 2.57 bits per heavy atom. The van der Waals surface area contributed by atoms with Crippen molar-refractivity contribution in [1.29, 1.82) is 0 Å². The molecule has 0 bridgehead atoms. The van der Waals surface area contributed by atoms with Crippen LogP contribution >= 0.6 is 0 Å². The number of hydrogen-bond donors (Lipinski definition) is 1. The molecule has 0 radical (unpaired) electrons. The maximum Gasteiger partial charge on any atom is 0.0784 e. The van der Waals surface area contributed by atoms with E-state index in [1.807, 2.05) is 0 Å². The van der Waals surface area contributed by atoms with Crippen molar-refractivity contribution in [2.24, 2.45) is 5.92 Å². The minimum absolute atomic E-state index is 0.433. The van der Waals surface area contributed by atoms with Crippen LogP contribution in [0.2, 0.25) is 0 Å². The van der Waals surface area contributed by atoms with Crippen LogP contribution in [-0.4, -0.2) is 24.9 Å². The van der Waals surface area contributed by atoms with Gasteiger partial charge in [-0.05, 0) is 30.8 Å². The molecule has 0 aliphatic rings. The van der Waals surface area contributed by atoms with E-state index in [1.54, 1.807) is 13.2 Å². The van der Waals surface area contributed by atoms with Crippen molar-refractivity contribution in [3.05, 3.63) is 24.8 Å². The predicted octanol–water partition coefficient (Wildman–Crippen LogP) is 2.54. The van der Waals surface area contributed by atoms with Gasteiger partial charge in [0.2, 0.25) is 0 Å². The lowest BCUT2D eigenvalue weighted by Gasteiger charge is -2.14. The zero-order valence-corrected chi connectivity index (χ0v) is 9.33. The lowest BCUT2D eigenvalue weighted by atomic mass is 9.97. The van der Waals surface area contributed by atoms with E-state index in [0.29, 0.717) is 11.5 Å². The largest absolute Gasteiger partial charge is 0.388 e. The molecule has 0 aliphatic carbocycles. The summed E-state index contributed by atoms with van der Waals surface area (Å²) < 4.78 is 4.99. The fraction of sp³-hybridized carbons (Fsp3) is 0.667. The Morgan fingerprint density at radius 1 is 1.43 bits per heavy atom. The molecule has 14 heavy (non-hydrogen) atoms. The van der Waals surface area contributed by atoms with E-state index in [0.717, 1.165) is 25.9 Å². The van der Waals surface area contributed by atoms with E-state index in [-0.39, 0.29) is 0 Å². The van der Waals surface area contributed by atoms with Crippen LogP contribution < -0.4 is 0 Å². The van der Waals surface area contributed by atoms with Gasteiger partial charge in [0.05, 0.1) is 6.10 Å². The Morgan fingerprint density at radius 2 is 2.07 bits per heavy atom. The number of aliphatic hydroxyl groups is 1. The number of rotatable bonds is 8. The summed E-state index contributed by atoms with van der Waals surface area (Å²) in [6, 6.07) is 0. The van der Waals surface area contributed by atoms with Crippen molar-refractivity contribution in [2.45, 2.75) is 32.3 Å². The first-order valence-corrected chi connectivity index (χ1v) is 5.10. The molecule has 0 aliphatic heterocycles. The molecular weight excluding hydrogens is 176 g/mol. The van der Waals surface area contributed by atoms with Crippen LogP contribution in [0.4, 0.5) is 0 Å². The van der Waals surface area contributed by atoms with Gasteiger partial charge in [-0.1, -0.05) is 26.2 Å². The highest BCUT2D eigenvalue weighted by molar-refractivity contribution is 5.15. The molecule has 0 saturated heterocycles. The summed E-state index contributed by atoms with van der Waals surface area (Å²) in [6.07, 6.45) is 3.99. The molecule has 0 rings (SSSR count). The topological polar surface area (TPSA) is 29.5 Å². The molecule has 0 heterocycles. The summed E-state index contributed by atoms with van der Waals surface area (Å²) in [4.78, 5) is 0. The zero-order chi connectivity index (χ0) is 11.0. The van der Waals surface area contributed by atoms with E-state index in [1.165, 1.54) is 0 Å². The Bertz CT molecular complexity index is 175. The Balaban J connectivity index is 3.60. The first-order chi connectivity index (χ1) is 6.61. The van der Waals surface area contributed by atoms with Gasteiger partial charge >= 0.3 is 0 Å². The van der Waals surface area contributed by atoms with E-state index in [2.05, 4.69) is 20.1 Å².